The summed E-state index contributed by atoms with van der Waals surface area (Å²) < 4.78 is 19.0. The lowest BCUT2D eigenvalue weighted by molar-refractivity contribution is 0.456. The molecule has 0 saturated heterocycles. The Hall–Kier alpha value is -2.17. The molecule has 0 spiro atoms. The number of nitrogens with zero attached hydrogens (tertiary/aromatic N) is 2. The average Bonchev–Trinajstić information content (AvgIpc) is 2.33. The summed E-state index contributed by atoms with van der Waals surface area (Å²) in [6.07, 6.45) is 0. The number of aryl methyl sites for hydroxylation is 2. The lowest BCUT2D eigenvalue weighted by Gasteiger charge is -2.08. The van der Waals surface area contributed by atoms with E-state index in [-0.39, 0.29) is 5.82 Å². The quantitative estimate of drug-likeness (QED) is 0.915. The van der Waals surface area contributed by atoms with E-state index in [4.69, 9.17) is 4.74 Å². The molecule has 5 heteroatoms. The van der Waals surface area contributed by atoms with E-state index in [0.717, 1.165) is 12.2 Å². The molecule has 1 aromatic heterocycles. The minimum Gasteiger partial charge on any atom is -0.439 e. The summed E-state index contributed by atoms with van der Waals surface area (Å²) >= 11 is 0. The Kier molecular flexibility index (Phi) is 3.94. The lowest BCUT2D eigenvalue weighted by Crippen LogP contribution is -2.04. The molecule has 0 bridgehead atoms. The molecule has 100 valence electrons. The van der Waals surface area contributed by atoms with Gasteiger partial charge in [0.15, 0.2) is 0 Å². The molecule has 0 radical (unpaired) electrons. The van der Waals surface area contributed by atoms with Crippen LogP contribution in [0.4, 0.5) is 10.3 Å². The Bertz CT molecular complexity index is 587. The molecule has 0 aliphatic heterocycles. The summed E-state index contributed by atoms with van der Waals surface area (Å²) in [4.78, 5) is 8.42. The first-order valence-corrected chi connectivity index (χ1v) is 6.12. The van der Waals surface area contributed by atoms with Crippen LogP contribution in [0.2, 0.25) is 0 Å². The highest BCUT2D eigenvalue weighted by atomic mass is 19.1. The number of hydrogen-bond donors (Lipinski definition) is 1. The first-order chi connectivity index (χ1) is 9.08. The van der Waals surface area contributed by atoms with Crippen LogP contribution in [0.3, 0.4) is 0 Å². The summed E-state index contributed by atoms with van der Waals surface area (Å²) in [7, 11) is 0. The lowest BCUT2D eigenvalue weighted by atomic mass is 10.2. The number of aromatic nitrogens is 2. The van der Waals surface area contributed by atoms with Crippen molar-refractivity contribution in [3.8, 4) is 11.6 Å². The zero-order valence-corrected chi connectivity index (χ0v) is 11.2. The van der Waals surface area contributed by atoms with Gasteiger partial charge in [-0.2, -0.15) is 4.98 Å². The number of anilines is 1. The monoisotopic (exact) mass is 261 g/mol. The van der Waals surface area contributed by atoms with Crippen molar-refractivity contribution in [2.75, 3.05) is 11.9 Å². The number of rotatable bonds is 4. The molecule has 1 N–H and O–H groups in total. The Morgan fingerprint density at radius 2 is 2.00 bits per heavy atom. The van der Waals surface area contributed by atoms with Crippen LogP contribution >= 0.6 is 0 Å². The zero-order chi connectivity index (χ0) is 13.8. The van der Waals surface area contributed by atoms with Gasteiger partial charge in [-0.1, -0.05) is 6.07 Å². The summed E-state index contributed by atoms with van der Waals surface area (Å²) in [5, 5.41) is 3.02. The molecular formula is C14H16FN3O. The predicted octanol–water partition coefficient (Wildman–Crippen LogP) is 3.46. The molecule has 19 heavy (non-hydrogen) atoms. The Morgan fingerprint density at radius 3 is 2.68 bits per heavy atom. The van der Waals surface area contributed by atoms with E-state index >= 15 is 0 Å². The molecule has 0 fully saturated rings. The largest absolute Gasteiger partial charge is 0.439 e. The van der Waals surface area contributed by atoms with Gasteiger partial charge in [0.2, 0.25) is 11.8 Å². The molecule has 0 aliphatic carbocycles. The molecule has 0 unspecified atom stereocenters. The van der Waals surface area contributed by atoms with Crippen molar-refractivity contribution in [1.82, 2.24) is 9.97 Å². The highest BCUT2D eigenvalue weighted by molar-refractivity contribution is 5.35. The second kappa shape index (κ2) is 5.65. The first kappa shape index (κ1) is 13.3. The van der Waals surface area contributed by atoms with Gasteiger partial charge in [-0.15, -0.1) is 0 Å². The highest BCUT2D eigenvalue weighted by Gasteiger charge is 2.05. The minimum absolute atomic E-state index is 0.296. The topological polar surface area (TPSA) is 47.0 Å². The van der Waals surface area contributed by atoms with Gasteiger partial charge >= 0.3 is 0 Å². The second-order valence-corrected chi connectivity index (χ2v) is 4.21. The van der Waals surface area contributed by atoms with Crippen LogP contribution in [0.5, 0.6) is 11.6 Å². The minimum atomic E-state index is -0.296. The Balaban J connectivity index is 2.24. The molecule has 2 rings (SSSR count). The van der Waals surface area contributed by atoms with Crippen molar-refractivity contribution in [2.45, 2.75) is 20.8 Å². The maximum absolute atomic E-state index is 13.4. The Labute approximate surface area is 111 Å². The third-order valence-corrected chi connectivity index (χ3v) is 2.53. The van der Waals surface area contributed by atoms with Crippen molar-refractivity contribution in [3.05, 3.63) is 41.3 Å². The van der Waals surface area contributed by atoms with E-state index in [1.807, 2.05) is 13.8 Å². The van der Waals surface area contributed by atoms with Gasteiger partial charge in [0, 0.05) is 24.4 Å². The number of hydrogen-bond acceptors (Lipinski definition) is 4. The zero-order valence-electron chi connectivity index (χ0n) is 11.2. The first-order valence-electron chi connectivity index (χ1n) is 6.12. The second-order valence-electron chi connectivity index (χ2n) is 4.21. The van der Waals surface area contributed by atoms with Gasteiger partial charge in [-0.05, 0) is 32.4 Å². The third kappa shape index (κ3) is 3.40. The van der Waals surface area contributed by atoms with Gasteiger partial charge in [0.05, 0.1) is 0 Å². The molecular weight excluding hydrogens is 245 g/mol. The van der Waals surface area contributed by atoms with Gasteiger partial charge in [-0.3, -0.25) is 0 Å². The van der Waals surface area contributed by atoms with Crippen LogP contribution in [0, 0.1) is 19.7 Å². The SMILES string of the molecule is CCNc1nc(C)cc(Oc2ccc(C)c(F)c2)n1. The molecule has 0 atom stereocenters. The number of nitrogens with one attached hydrogen (secondary N) is 1. The average molecular weight is 261 g/mol. The highest BCUT2D eigenvalue weighted by Crippen LogP contribution is 2.23. The summed E-state index contributed by atoms with van der Waals surface area (Å²) in [6.45, 7) is 6.24. The van der Waals surface area contributed by atoms with Gasteiger partial charge in [0.1, 0.15) is 11.6 Å². The van der Waals surface area contributed by atoms with E-state index in [1.165, 1.54) is 6.07 Å². The van der Waals surface area contributed by atoms with E-state index in [9.17, 15) is 4.39 Å². The van der Waals surface area contributed by atoms with Gasteiger partial charge < -0.3 is 10.1 Å². The maximum Gasteiger partial charge on any atom is 0.226 e. The van der Waals surface area contributed by atoms with E-state index in [2.05, 4.69) is 15.3 Å². The summed E-state index contributed by atoms with van der Waals surface area (Å²) in [5.41, 5.74) is 1.37. The van der Waals surface area contributed by atoms with Crippen molar-refractivity contribution in [3.63, 3.8) is 0 Å². The fourth-order valence-corrected chi connectivity index (χ4v) is 1.59. The van der Waals surface area contributed by atoms with Crippen LogP contribution in [-0.2, 0) is 0 Å². The van der Waals surface area contributed by atoms with Crippen molar-refractivity contribution in [2.24, 2.45) is 0 Å². The van der Waals surface area contributed by atoms with Crippen molar-refractivity contribution >= 4 is 5.95 Å². The van der Waals surface area contributed by atoms with Gasteiger partial charge in [0.25, 0.3) is 0 Å². The molecule has 4 nitrogen and oxygen atoms in total. The van der Waals surface area contributed by atoms with E-state index in [1.54, 1.807) is 25.1 Å². The van der Waals surface area contributed by atoms with E-state index < -0.39 is 0 Å². The molecule has 0 saturated carbocycles. The standard InChI is InChI=1S/C14H16FN3O/c1-4-16-14-17-10(3)7-13(18-14)19-11-6-5-9(2)12(15)8-11/h5-8H,4H2,1-3H3,(H,16,17,18). The van der Waals surface area contributed by atoms with Crippen molar-refractivity contribution in [1.29, 1.82) is 0 Å². The molecule has 1 aromatic carbocycles. The molecule has 1 heterocycles. The van der Waals surface area contributed by atoms with Gasteiger partial charge in [-0.25, -0.2) is 9.37 Å². The number of ether oxygens (including phenoxy) is 1. The Morgan fingerprint density at radius 1 is 1.21 bits per heavy atom. The van der Waals surface area contributed by atoms with Crippen LogP contribution in [0.25, 0.3) is 0 Å². The summed E-state index contributed by atoms with van der Waals surface area (Å²) in [6, 6.07) is 6.44. The molecule has 0 amide bonds. The molecule has 2 aromatic rings. The number of benzene rings is 1. The van der Waals surface area contributed by atoms with Crippen LogP contribution in [-0.4, -0.2) is 16.5 Å². The summed E-state index contributed by atoms with van der Waals surface area (Å²) in [5.74, 6) is 1.02. The fourth-order valence-electron chi connectivity index (χ4n) is 1.59. The van der Waals surface area contributed by atoms with Crippen LogP contribution < -0.4 is 10.1 Å². The molecule has 0 aliphatic rings. The number of halogens is 1. The van der Waals surface area contributed by atoms with E-state index in [0.29, 0.717) is 23.1 Å². The van der Waals surface area contributed by atoms with Crippen LogP contribution in [0.1, 0.15) is 18.2 Å². The smallest absolute Gasteiger partial charge is 0.226 e. The van der Waals surface area contributed by atoms with Crippen LogP contribution in [0.15, 0.2) is 24.3 Å². The normalized spacial score (nSPS) is 10.3. The van der Waals surface area contributed by atoms with Crippen molar-refractivity contribution < 1.29 is 9.13 Å². The predicted molar refractivity (Wildman–Crippen MR) is 72.1 cm³/mol. The fraction of sp³-hybridized carbons (Fsp3) is 0.286. The third-order valence-electron chi connectivity index (χ3n) is 2.53. The maximum atomic E-state index is 13.4.